The number of ether oxygens (including phenoxy) is 2. The molecule has 0 aliphatic rings. The molecule has 0 aliphatic carbocycles. The smallest absolute Gasteiger partial charge is 0.132 e. The standard InChI is InChI=1S/C17H16FNO2/c1-19-10-12(17-15(18)4-3-5-16(17)19)11-21-14-8-6-13(20-2)7-9-14/h3-10H,11H2,1-2H3. The normalized spacial score (nSPS) is 10.8. The molecule has 0 saturated heterocycles. The number of fused-ring (bicyclic) bond motifs is 1. The lowest BCUT2D eigenvalue weighted by atomic mass is 10.2. The first kappa shape index (κ1) is 13.5. The number of hydrogen-bond donors (Lipinski definition) is 0. The summed E-state index contributed by atoms with van der Waals surface area (Å²) in [6.07, 6.45) is 1.90. The molecule has 3 rings (SSSR count). The number of aromatic nitrogens is 1. The average molecular weight is 285 g/mol. The lowest BCUT2D eigenvalue weighted by molar-refractivity contribution is 0.306. The summed E-state index contributed by atoms with van der Waals surface area (Å²) in [4.78, 5) is 0. The van der Waals surface area contributed by atoms with Crippen molar-refractivity contribution < 1.29 is 13.9 Å². The second kappa shape index (κ2) is 5.48. The summed E-state index contributed by atoms with van der Waals surface area (Å²) in [6.45, 7) is 0.324. The molecule has 0 radical (unpaired) electrons. The quantitative estimate of drug-likeness (QED) is 0.725. The van der Waals surface area contributed by atoms with E-state index >= 15 is 0 Å². The number of benzene rings is 2. The van der Waals surface area contributed by atoms with Crippen molar-refractivity contribution in [3.63, 3.8) is 0 Å². The Balaban J connectivity index is 1.84. The van der Waals surface area contributed by atoms with E-state index in [0.717, 1.165) is 22.6 Å². The van der Waals surface area contributed by atoms with Gasteiger partial charge < -0.3 is 14.0 Å². The first-order valence-corrected chi connectivity index (χ1v) is 6.68. The maximum absolute atomic E-state index is 14.0. The highest BCUT2D eigenvalue weighted by Gasteiger charge is 2.11. The summed E-state index contributed by atoms with van der Waals surface area (Å²) in [7, 11) is 3.52. The van der Waals surface area contributed by atoms with Gasteiger partial charge in [-0.3, -0.25) is 0 Å². The maximum atomic E-state index is 14.0. The second-order valence-corrected chi connectivity index (χ2v) is 4.86. The fourth-order valence-corrected chi connectivity index (χ4v) is 2.43. The van der Waals surface area contributed by atoms with Crippen LogP contribution in [0.4, 0.5) is 4.39 Å². The number of rotatable bonds is 4. The molecule has 0 amide bonds. The molecule has 108 valence electrons. The zero-order valence-corrected chi connectivity index (χ0v) is 12.0. The molecule has 1 heterocycles. The van der Waals surface area contributed by atoms with Crippen LogP contribution in [-0.4, -0.2) is 11.7 Å². The van der Waals surface area contributed by atoms with Crippen LogP contribution in [0.1, 0.15) is 5.56 Å². The van der Waals surface area contributed by atoms with Crippen LogP contribution in [0.15, 0.2) is 48.7 Å². The summed E-state index contributed by atoms with van der Waals surface area (Å²) >= 11 is 0. The van der Waals surface area contributed by atoms with E-state index in [2.05, 4.69) is 0 Å². The molecule has 3 nitrogen and oxygen atoms in total. The Bertz CT molecular complexity index is 762. The fourth-order valence-electron chi connectivity index (χ4n) is 2.43. The minimum atomic E-state index is -0.221. The van der Waals surface area contributed by atoms with Gasteiger partial charge in [0.05, 0.1) is 12.6 Å². The van der Waals surface area contributed by atoms with E-state index in [9.17, 15) is 4.39 Å². The second-order valence-electron chi connectivity index (χ2n) is 4.86. The number of methoxy groups -OCH3 is 1. The molecule has 1 aromatic heterocycles. The van der Waals surface area contributed by atoms with E-state index in [0.29, 0.717) is 12.0 Å². The van der Waals surface area contributed by atoms with Gasteiger partial charge in [0.25, 0.3) is 0 Å². The Morgan fingerprint density at radius 3 is 2.48 bits per heavy atom. The third-order valence-corrected chi connectivity index (χ3v) is 3.50. The van der Waals surface area contributed by atoms with Crippen molar-refractivity contribution in [2.75, 3.05) is 7.11 Å². The highest BCUT2D eigenvalue weighted by molar-refractivity contribution is 5.84. The monoisotopic (exact) mass is 285 g/mol. The molecular weight excluding hydrogens is 269 g/mol. The summed E-state index contributed by atoms with van der Waals surface area (Å²) in [5.74, 6) is 1.28. The van der Waals surface area contributed by atoms with Crippen molar-refractivity contribution in [2.24, 2.45) is 7.05 Å². The fraction of sp³-hybridized carbons (Fsp3) is 0.176. The zero-order chi connectivity index (χ0) is 14.8. The molecule has 0 atom stereocenters. The van der Waals surface area contributed by atoms with Crippen molar-refractivity contribution in [3.8, 4) is 11.5 Å². The van der Waals surface area contributed by atoms with Crippen LogP contribution in [0.5, 0.6) is 11.5 Å². The highest BCUT2D eigenvalue weighted by Crippen LogP contribution is 2.25. The minimum Gasteiger partial charge on any atom is -0.497 e. The Hall–Kier alpha value is -2.49. The Kier molecular flexibility index (Phi) is 3.52. The van der Waals surface area contributed by atoms with Gasteiger partial charge in [0.2, 0.25) is 0 Å². The molecule has 0 spiro atoms. The van der Waals surface area contributed by atoms with E-state index in [1.165, 1.54) is 6.07 Å². The van der Waals surface area contributed by atoms with Crippen LogP contribution in [0.2, 0.25) is 0 Å². The van der Waals surface area contributed by atoms with Crippen molar-refractivity contribution >= 4 is 10.9 Å². The van der Waals surface area contributed by atoms with Crippen LogP contribution >= 0.6 is 0 Å². The van der Waals surface area contributed by atoms with E-state index in [4.69, 9.17) is 9.47 Å². The molecule has 0 bridgehead atoms. The van der Waals surface area contributed by atoms with E-state index < -0.39 is 0 Å². The highest BCUT2D eigenvalue weighted by atomic mass is 19.1. The summed E-state index contributed by atoms with van der Waals surface area (Å²) in [5.41, 5.74) is 1.70. The van der Waals surface area contributed by atoms with Gasteiger partial charge in [-0.2, -0.15) is 0 Å². The number of hydrogen-bond acceptors (Lipinski definition) is 2. The third kappa shape index (κ3) is 2.57. The largest absolute Gasteiger partial charge is 0.497 e. The van der Waals surface area contributed by atoms with Crippen molar-refractivity contribution in [1.82, 2.24) is 4.57 Å². The first-order valence-electron chi connectivity index (χ1n) is 6.68. The van der Waals surface area contributed by atoms with E-state index in [1.807, 2.05) is 48.1 Å². The molecule has 0 fully saturated rings. The van der Waals surface area contributed by atoms with Gasteiger partial charge in [-0.25, -0.2) is 4.39 Å². The SMILES string of the molecule is COc1ccc(OCc2cn(C)c3cccc(F)c23)cc1. The molecule has 21 heavy (non-hydrogen) atoms. The summed E-state index contributed by atoms with van der Waals surface area (Å²) in [6, 6.07) is 12.4. The van der Waals surface area contributed by atoms with E-state index in [1.54, 1.807) is 13.2 Å². The van der Waals surface area contributed by atoms with E-state index in [-0.39, 0.29) is 5.82 Å². The van der Waals surface area contributed by atoms with Crippen molar-refractivity contribution in [2.45, 2.75) is 6.61 Å². The number of halogens is 1. The summed E-state index contributed by atoms with van der Waals surface area (Å²) in [5, 5.41) is 0.619. The van der Waals surface area contributed by atoms with Crippen LogP contribution in [-0.2, 0) is 13.7 Å². The van der Waals surface area contributed by atoms with Gasteiger partial charge in [0.15, 0.2) is 0 Å². The molecule has 0 N–H and O–H groups in total. The molecule has 0 aliphatic heterocycles. The third-order valence-electron chi connectivity index (χ3n) is 3.50. The molecular formula is C17H16FNO2. The molecule has 2 aromatic carbocycles. The molecule has 4 heteroatoms. The van der Waals surface area contributed by atoms with Gasteiger partial charge in [-0.15, -0.1) is 0 Å². The van der Waals surface area contributed by atoms with Gasteiger partial charge in [0, 0.05) is 24.2 Å². The lowest BCUT2D eigenvalue weighted by Crippen LogP contribution is -1.95. The molecule has 0 saturated carbocycles. The molecule has 0 unspecified atom stereocenters. The average Bonchev–Trinajstić information content (AvgIpc) is 2.84. The van der Waals surface area contributed by atoms with Gasteiger partial charge in [0.1, 0.15) is 23.9 Å². The van der Waals surface area contributed by atoms with Gasteiger partial charge in [-0.1, -0.05) is 6.07 Å². The number of nitrogens with zero attached hydrogens (tertiary/aromatic N) is 1. The molecule has 3 aromatic rings. The van der Waals surface area contributed by atoms with Crippen LogP contribution in [0.3, 0.4) is 0 Å². The number of aryl methyl sites for hydroxylation is 1. The zero-order valence-electron chi connectivity index (χ0n) is 12.0. The van der Waals surface area contributed by atoms with Gasteiger partial charge >= 0.3 is 0 Å². The Morgan fingerprint density at radius 2 is 1.76 bits per heavy atom. The Labute approximate surface area is 122 Å². The first-order chi connectivity index (χ1) is 10.2. The minimum absolute atomic E-state index is 0.221. The Morgan fingerprint density at radius 1 is 1.05 bits per heavy atom. The van der Waals surface area contributed by atoms with Crippen molar-refractivity contribution in [3.05, 3.63) is 60.0 Å². The van der Waals surface area contributed by atoms with Crippen LogP contribution in [0, 0.1) is 5.82 Å². The maximum Gasteiger partial charge on any atom is 0.132 e. The topological polar surface area (TPSA) is 23.4 Å². The predicted molar refractivity (Wildman–Crippen MR) is 80.2 cm³/mol. The van der Waals surface area contributed by atoms with Crippen LogP contribution < -0.4 is 9.47 Å². The van der Waals surface area contributed by atoms with Gasteiger partial charge in [-0.05, 0) is 36.4 Å². The van der Waals surface area contributed by atoms with Crippen molar-refractivity contribution in [1.29, 1.82) is 0 Å². The summed E-state index contributed by atoms with van der Waals surface area (Å²) < 4.78 is 26.7. The predicted octanol–water partition coefficient (Wildman–Crippen LogP) is 3.91. The van der Waals surface area contributed by atoms with Crippen LogP contribution in [0.25, 0.3) is 10.9 Å². The lowest BCUT2D eigenvalue weighted by Gasteiger charge is -2.06.